The molecule has 1 N–H and O–H groups in total. The van der Waals surface area contributed by atoms with Gasteiger partial charge in [-0.25, -0.2) is 8.78 Å². The monoisotopic (exact) mass is 416 g/mol. The normalized spacial score (nSPS) is 11.1. The molecular weight excluding hydrogens is 394 g/mol. The van der Waals surface area contributed by atoms with E-state index in [-0.39, 0.29) is 23.3 Å². The van der Waals surface area contributed by atoms with Crippen molar-refractivity contribution in [3.63, 3.8) is 0 Å². The molecule has 0 aliphatic heterocycles. The maximum Gasteiger partial charge on any atom is 0.234 e. The third-order valence-electron chi connectivity index (χ3n) is 4.14. The number of nitrogens with zero attached hydrogens (tertiary/aromatic N) is 3. The molecule has 1 aromatic heterocycles. The highest BCUT2D eigenvalue weighted by Crippen LogP contribution is 2.26. The second-order valence-corrected chi connectivity index (χ2v) is 8.06. The summed E-state index contributed by atoms with van der Waals surface area (Å²) in [5.74, 6) is 0.0854. The van der Waals surface area contributed by atoms with Gasteiger partial charge in [0, 0.05) is 17.8 Å². The smallest absolute Gasteiger partial charge is 0.234 e. The first-order valence-corrected chi connectivity index (χ1v) is 10.2. The largest absolute Gasteiger partial charge is 0.325 e. The first-order chi connectivity index (χ1) is 13.8. The van der Waals surface area contributed by atoms with Crippen LogP contribution in [0.1, 0.15) is 19.4 Å². The van der Waals surface area contributed by atoms with Crippen LogP contribution in [-0.2, 0) is 11.3 Å². The van der Waals surface area contributed by atoms with Crippen molar-refractivity contribution in [1.82, 2.24) is 14.8 Å². The molecule has 0 aliphatic carbocycles. The zero-order valence-electron chi connectivity index (χ0n) is 16.4. The second kappa shape index (κ2) is 9.17. The van der Waals surface area contributed by atoms with Crippen molar-refractivity contribution < 1.29 is 13.6 Å². The number of aryl methyl sites for hydroxylation is 1. The lowest BCUT2D eigenvalue weighted by Crippen LogP contribution is -2.16. The van der Waals surface area contributed by atoms with Crippen molar-refractivity contribution in [2.75, 3.05) is 11.1 Å². The van der Waals surface area contributed by atoms with Crippen LogP contribution >= 0.6 is 11.8 Å². The maximum atomic E-state index is 13.6. The maximum absolute atomic E-state index is 13.6. The summed E-state index contributed by atoms with van der Waals surface area (Å²) >= 11 is 1.25. The summed E-state index contributed by atoms with van der Waals surface area (Å²) in [4.78, 5) is 12.3. The molecule has 3 aromatic rings. The van der Waals surface area contributed by atoms with E-state index < -0.39 is 0 Å². The lowest BCUT2D eigenvalue weighted by Gasteiger charge is -2.13. The van der Waals surface area contributed by atoms with Gasteiger partial charge in [-0.05, 0) is 48.7 Å². The van der Waals surface area contributed by atoms with E-state index in [0.717, 1.165) is 0 Å². The number of nitrogens with one attached hydrogen (secondary N) is 1. The van der Waals surface area contributed by atoms with Gasteiger partial charge in [0.2, 0.25) is 5.91 Å². The summed E-state index contributed by atoms with van der Waals surface area (Å²) in [7, 11) is 0. The topological polar surface area (TPSA) is 59.8 Å². The van der Waals surface area contributed by atoms with E-state index in [2.05, 4.69) is 29.4 Å². The predicted octanol–water partition coefficient (Wildman–Crippen LogP) is 4.92. The number of benzene rings is 2. The Morgan fingerprint density at radius 1 is 1.14 bits per heavy atom. The van der Waals surface area contributed by atoms with Gasteiger partial charge >= 0.3 is 0 Å². The average molecular weight is 416 g/mol. The minimum atomic E-state index is -0.346. The molecule has 1 heterocycles. The number of thioether (sulfide) groups is 1. The number of anilines is 1. The van der Waals surface area contributed by atoms with Gasteiger partial charge in [0.1, 0.15) is 11.6 Å². The zero-order chi connectivity index (χ0) is 21.0. The van der Waals surface area contributed by atoms with Gasteiger partial charge < -0.3 is 9.88 Å². The van der Waals surface area contributed by atoms with Crippen LogP contribution in [0.3, 0.4) is 0 Å². The van der Waals surface area contributed by atoms with Crippen LogP contribution in [0, 0.1) is 24.5 Å². The summed E-state index contributed by atoms with van der Waals surface area (Å²) in [6, 6.07) is 10.4. The molecule has 0 unspecified atom stereocenters. The summed E-state index contributed by atoms with van der Waals surface area (Å²) < 4.78 is 28.7. The van der Waals surface area contributed by atoms with Gasteiger partial charge in [0.05, 0.1) is 5.75 Å². The van der Waals surface area contributed by atoms with E-state index in [9.17, 15) is 13.6 Å². The van der Waals surface area contributed by atoms with E-state index in [0.29, 0.717) is 40.3 Å². The number of halogens is 2. The highest BCUT2D eigenvalue weighted by Gasteiger charge is 2.17. The number of aromatic nitrogens is 3. The molecule has 1 amide bonds. The number of amides is 1. The molecule has 2 aromatic carbocycles. The van der Waals surface area contributed by atoms with Crippen molar-refractivity contribution in [3.8, 4) is 11.4 Å². The van der Waals surface area contributed by atoms with Crippen LogP contribution in [0.4, 0.5) is 14.5 Å². The molecule has 0 spiro atoms. The summed E-state index contributed by atoms with van der Waals surface area (Å²) in [6.45, 7) is 6.50. The van der Waals surface area contributed by atoms with E-state index in [1.807, 2.05) is 4.57 Å². The molecule has 0 radical (unpaired) electrons. The molecular formula is C21H22F2N4OS. The Hall–Kier alpha value is -2.74. The molecule has 3 rings (SSSR count). The highest BCUT2D eigenvalue weighted by atomic mass is 32.2. The minimum Gasteiger partial charge on any atom is -0.325 e. The summed E-state index contributed by atoms with van der Waals surface area (Å²) in [5.41, 5.74) is 1.86. The van der Waals surface area contributed by atoms with Crippen LogP contribution in [0.25, 0.3) is 11.4 Å². The summed E-state index contributed by atoms with van der Waals surface area (Å²) in [6.07, 6.45) is 0. The van der Waals surface area contributed by atoms with Crippen molar-refractivity contribution in [3.05, 3.63) is 59.7 Å². The first-order valence-electron chi connectivity index (χ1n) is 9.21. The van der Waals surface area contributed by atoms with E-state index in [1.54, 1.807) is 19.1 Å². The fourth-order valence-corrected chi connectivity index (χ4v) is 3.60. The van der Waals surface area contributed by atoms with Crippen LogP contribution in [-0.4, -0.2) is 26.4 Å². The number of hydrogen-bond acceptors (Lipinski definition) is 4. The van der Waals surface area contributed by atoms with Crippen molar-refractivity contribution in [2.45, 2.75) is 32.5 Å². The molecule has 0 atom stereocenters. The Kier molecular flexibility index (Phi) is 6.64. The Labute approximate surface area is 172 Å². The van der Waals surface area contributed by atoms with Crippen LogP contribution in [0.2, 0.25) is 0 Å². The minimum absolute atomic E-state index is 0.121. The van der Waals surface area contributed by atoms with Crippen LogP contribution < -0.4 is 5.32 Å². The zero-order valence-corrected chi connectivity index (χ0v) is 17.3. The Morgan fingerprint density at radius 2 is 1.90 bits per heavy atom. The van der Waals surface area contributed by atoms with Crippen LogP contribution in [0.15, 0.2) is 47.6 Å². The van der Waals surface area contributed by atoms with E-state index in [4.69, 9.17) is 0 Å². The van der Waals surface area contributed by atoms with Gasteiger partial charge in [-0.15, -0.1) is 10.2 Å². The fraction of sp³-hybridized carbons (Fsp3) is 0.286. The quantitative estimate of drug-likeness (QED) is 0.556. The van der Waals surface area contributed by atoms with Crippen LogP contribution in [0.5, 0.6) is 0 Å². The molecule has 152 valence electrons. The molecule has 29 heavy (non-hydrogen) atoms. The predicted molar refractivity (Wildman–Crippen MR) is 111 cm³/mol. The SMILES string of the molecule is Cc1cc(F)ccc1NC(=O)CSc1nnc(-c2cccc(F)c2)n1CC(C)C. The highest BCUT2D eigenvalue weighted by molar-refractivity contribution is 7.99. The number of carbonyl (C=O) groups excluding carboxylic acids is 1. The van der Waals surface area contributed by atoms with Gasteiger partial charge in [-0.3, -0.25) is 4.79 Å². The van der Waals surface area contributed by atoms with Gasteiger partial charge in [0.15, 0.2) is 11.0 Å². The molecule has 8 heteroatoms. The third kappa shape index (κ3) is 5.41. The molecule has 0 aliphatic rings. The molecule has 0 fully saturated rings. The lowest BCUT2D eigenvalue weighted by molar-refractivity contribution is -0.113. The lowest BCUT2D eigenvalue weighted by atomic mass is 10.2. The van der Waals surface area contributed by atoms with Crippen molar-refractivity contribution >= 4 is 23.4 Å². The van der Waals surface area contributed by atoms with Crippen molar-refractivity contribution in [2.24, 2.45) is 5.92 Å². The Morgan fingerprint density at radius 3 is 2.59 bits per heavy atom. The first kappa shape index (κ1) is 21.0. The molecule has 0 bridgehead atoms. The number of hydrogen-bond donors (Lipinski definition) is 1. The molecule has 0 saturated carbocycles. The number of rotatable bonds is 7. The fourth-order valence-electron chi connectivity index (χ4n) is 2.85. The van der Waals surface area contributed by atoms with Gasteiger partial charge in [-0.2, -0.15) is 0 Å². The van der Waals surface area contributed by atoms with E-state index >= 15 is 0 Å². The Bertz CT molecular complexity index is 1020. The van der Waals surface area contributed by atoms with E-state index in [1.165, 1.54) is 42.1 Å². The number of carbonyl (C=O) groups is 1. The average Bonchev–Trinajstić information content (AvgIpc) is 3.04. The van der Waals surface area contributed by atoms with Crippen molar-refractivity contribution in [1.29, 1.82) is 0 Å². The van der Waals surface area contributed by atoms with Gasteiger partial charge in [-0.1, -0.05) is 37.7 Å². The Balaban J connectivity index is 1.75. The standard InChI is InChI=1S/C21H22F2N4OS/c1-13(2)11-27-20(15-5-4-6-16(22)10-15)25-26-21(27)29-12-19(28)24-18-8-7-17(23)9-14(18)3/h4-10,13H,11-12H2,1-3H3,(H,24,28). The third-order valence-corrected chi connectivity index (χ3v) is 5.11. The van der Waals surface area contributed by atoms with Gasteiger partial charge in [0.25, 0.3) is 0 Å². The molecule has 0 saturated heterocycles. The second-order valence-electron chi connectivity index (χ2n) is 7.12. The summed E-state index contributed by atoms with van der Waals surface area (Å²) in [5, 5.41) is 11.8. The molecule has 5 nitrogen and oxygen atoms in total.